The normalized spacial score (nSPS) is 34.3. The highest BCUT2D eigenvalue weighted by atomic mass is 16.6. The summed E-state index contributed by atoms with van der Waals surface area (Å²) in [6, 6.07) is 9.81. The number of carbonyl (C=O) groups is 2. The van der Waals surface area contributed by atoms with Gasteiger partial charge >= 0.3 is 12.1 Å². The van der Waals surface area contributed by atoms with Gasteiger partial charge in [0.2, 0.25) is 0 Å². The fourth-order valence-corrected chi connectivity index (χ4v) is 5.63. The summed E-state index contributed by atoms with van der Waals surface area (Å²) in [7, 11) is 1.49. The Hall–Kier alpha value is -2.08. The number of hydrogen-bond acceptors (Lipinski definition) is 5. The van der Waals surface area contributed by atoms with Crippen molar-refractivity contribution >= 4 is 12.1 Å². The summed E-state index contributed by atoms with van der Waals surface area (Å²) in [6.07, 6.45) is 4.44. The fourth-order valence-electron chi connectivity index (χ4n) is 5.63. The van der Waals surface area contributed by atoms with Crippen LogP contribution in [0.2, 0.25) is 0 Å². The molecule has 4 aliphatic carbocycles. The summed E-state index contributed by atoms with van der Waals surface area (Å²) in [6.45, 7) is 0.249. The van der Waals surface area contributed by atoms with Crippen molar-refractivity contribution in [2.45, 2.75) is 44.8 Å². The molecule has 0 heterocycles. The summed E-state index contributed by atoms with van der Waals surface area (Å²) in [5.41, 5.74) is 6.57. The van der Waals surface area contributed by atoms with E-state index in [1.54, 1.807) is 0 Å². The van der Waals surface area contributed by atoms with E-state index in [4.69, 9.17) is 9.47 Å². The van der Waals surface area contributed by atoms with Crippen LogP contribution in [-0.4, -0.2) is 25.2 Å². The Kier molecular flexibility index (Phi) is 4.61. The molecule has 2 unspecified atom stereocenters. The molecule has 0 aromatic heterocycles. The van der Waals surface area contributed by atoms with E-state index in [1.807, 2.05) is 30.3 Å². The lowest BCUT2D eigenvalue weighted by Crippen LogP contribution is -2.63. The van der Waals surface area contributed by atoms with Crippen LogP contribution in [0.1, 0.15) is 37.7 Å². The third kappa shape index (κ3) is 3.18. The topological polar surface area (TPSA) is 76.7 Å². The number of benzene rings is 1. The Morgan fingerprint density at radius 2 is 1.81 bits per heavy atom. The Balaban J connectivity index is 1.31. The number of nitrogens with one attached hydrogen (secondary N) is 2. The second-order valence-corrected chi connectivity index (χ2v) is 8.10. The average Bonchev–Trinajstić information content (AvgIpc) is 2.65. The van der Waals surface area contributed by atoms with Gasteiger partial charge in [-0.2, -0.15) is 0 Å². The second-order valence-electron chi connectivity index (χ2n) is 8.10. The molecule has 1 aromatic rings. The Labute approximate surface area is 153 Å². The molecule has 0 spiro atoms. The molecule has 2 atom stereocenters. The van der Waals surface area contributed by atoms with Crippen molar-refractivity contribution < 1.29 is 19.1 Å². The molecule has 1 aromatic carbocycles. The number of carbonyl (C=O) groups excluding carboxylic acids is 2. The maximum absolute atomic E-state index is 12.3. The number of esters is 1. The molecule has 1 amide bonds. The summed E-state index contributed by atoms with van der Waals surface area (Å²) in [4.78, 5) is 24.3. The fraction of sp³-hybridized carbons (Fsp3) is 0.600. The second kappa shape index (κ2) is 6.91. The van der Waals surface area contributed by atoms with Gasteiger partial charge in [-0.1, -0.05) is 30.3 Å². The Morgan fingerprint density at radius 1 is 1.12 bits per heavy atom. The van der Waals surface area contributed by atoms with Crippen molar-refractivity contribution in [1.82, 2.24) is 10.9 Å². The van der Waals surface area contributed by atoms with E-state index >= 15 is 0 Å². The lowest BCUT2D eigenvalue weighted by atomic mass is 9.48. The van der Waals surface area contributed by atoms with Crippen molar-refractivity contribution in [1.29, 1.82) is 0 Å². The van der Waals surface area contributed by atoms with Gasteiger partial charge < -0.3 is 9.47 Å². The van der Waals surface area contributed by atoms with E-state index in [1.165, 1.54) is 7.11 Å². The zero-order chi connectivity index (χ0) is 18.1. The highest BCUT2D eigenvalue weighted by Crippen LogP contribution is 2.60. The molecule has 6 heteroatoms. The third-order valence-electron chi connectivity index (χ3n) is 6.45. The highest BCUT2D eigenvalue weighted by molar-refractivity contribution is 5.77. The zero-order valence-electron chi connectivity index (χ0n) is 15.1. The van der Waals surface area contributed by atoms with Crippen molar-refractivity contribution in [2.24, 2.45) is 23.2 Å². The zero-order valence-corrected chi connectivity index (χ0v) is 15.1. The van der Waals surface area contributed by atoms with E-state index in [2.05, 4.69) is 10.9 Å². The molecule has 4 aliphatic rings. The van der Waals surface area contributed by atoms with Crippen molar-refractivity contribution in [3.8, 4) is 0 Å². The van der Waals surface area contributed by atoms with Gasteiger partial charge in [-0.3, -0.25) is 10.2 Å². The van der Waals surface area contributed by atoms with Crippen molar-refractivity contribution in [2.75, 3.05) is 7.11 Å². The van der Waals surface area contributed by atoms with Gasteiger partial charge in [-0.15, -0.1) is 0 Å². The minimum absolute atomic E-state index is 0.0504. The van der Waals surface area contributed by atoms with Crippen LogP contribution in [0.3, 0.4) is 0 Å². The number of amides is 1. The van der Waals surface area contributed by atoms with Crippen LogP contribution in [0.5, 0.6) is 0 Å². The van der Waals surface area contributed by atoms with Crippen LogP contribution in [0.15, 0.2) is 30.3 Å². The first-order chi connectivity index (χ1) is 12.6. The number of ether oxygens (including phenoxy) is 2. The third-order valence-corrected chi connectivity index (χ3v) is 6.45. The number of hydrogen-bond donors (Lipinski definition) is 2. The SMILES string of the molecule is COC(=O)C12CC3CC(C1)C(NNC(=O)OCc1ccccc1)C(C3)C2. The molecule has 0 radical (unpaired) electrons. The highest BCUT2D eigenvalue weighted by Gasteiger charge is 2.59. The van der Waals surface area contributed by atoms with E-state index in [9.17, 15) is 9.59 Å². The summed E-state index contributed by atoms with van der Waals surface area (Å²) in [5.74, 6) is 1.35. The van der Waals surface area contributed by atoms with E-state index in [-0.39, 0.29) is 24.0 Å². The predicted octanol–water partition coefficient (Wildman–Crippen LogP) is 2.79. The van der Waals surface area contributed by atoms with Gasteiger partial charge in [0.25, 0.3) is 0 Å². The van der Waals surface area contributed by atoms with E-state index in [0.717, 1.165) is 37.7 Å². The lowest BCUT2D eigenvalue weighted by Gasteiger charge is -2.58. The lowest BCUT2D eigenvalue weighted by molar-refractivity contribution is -0.171. The first-order valence-corrected chi connectivity index (χ1v) is 9.40. The summed E-state index contributed by atoms with van der Waals surface area (Å²) >= 11 is 0. The molecule has 5 rings (SSSR count). The maximum Gasteiger partial charge on any atom is 0.421 e. The van der Waals surface area contributed by atoms with E-state index in [0.29, 0.717) is 17.8 Å². The average molecular weight is 358 g/mol. The minimum Gasteiger partial charge on any atom is -0.469 e. The van der Waals surface area contributed by atoms with Crippen LogP contribution in [-0.2, 0) is 20.9 Å². The van der Waals surface area contributed by atoms with Gasteiger partial charge in [-0.05, 0) is 55.4 Å². The molecule has 4 fully saturated rings. The predicted molar refractivity (Wildman–Crippen MR) is 94.7 cm³/mol. The molecule has 0 saturated heterocycles. The molecule has 0 aliphatic heterocycles. The molecule has 140 valence electrons. The Morgan fingerprint density at radius 3 is 2.46 bits per heavy atom. The maximum atomic E-state index is 12.3. The standard InChI is InChI=1S/C20H26N2O4/c1-25-18(23)20-9-14-7-15(10-20)17(16(8-14)11-20)21-22-19(24)26-12-13-5-3-2-4-6-13/h2-6,14-17,21H,7-12H2,1H3,(H,22,24). The Bertz CT molecular complexity index is 662. The largest absolute Gasteiger partial charge is 0.469 e. The molecule has 6 nitrogen and oxygen atoms in total. The van der Waals surface area contributed by atoms with Crippen molar-refractivity contribution in [3.05, 3.63) is 35.9 Å². The van der Waals surface area contributed by atoms with Gasteiger partial charge in [0, 0.05) is 6.04 Å². The van der Waals surface area contributed by atoms with Crippen LogP contribution < -0.4 is 10.9 Å². The van der Waals surface area contributed by atoms with Gasteiger partial charge in [0.05, 0.1) is 12.5 Å². The summed E-state index contributed by atoms with van der Waals surface area (Å²) in [5, 5.41) is 0. The van der Waals surface area contributed by atoms with Gasteiger partial charge in [0.1, 0.15) is 6.61 Å². The number of methoxy groups -OCH3 is 1. The molecular weight excluding hydrogens is 332 g/mol. The van der Waals surface area contributed by atoms with E-state index < -0.39 is 6.09 Å². The monoisotopic (exact) mass is 358 g/mol. The van der Waals surface area contributed by atoms with Crippen molar-refractivity contribution in [3.63, 3.8) is 0 Å². The number of hydrazine groups is 1. The molecular formula is C20H26N2O4. The summed E-state index contributed by atoms with van der Waals surface area (Å²) < 4.78 is 10.4. The first kappa shape index (κ1) is 17.3. The minimum atomic E-state index is -0.467. The van der Waals surface area contributed by atoms with Crippen LogP contribution in [0.4, 0.5) is 4.79 Å². The molecule has 4 bridgehead atoms. The van der Waals surface area contributed by atoms with Crippen LogP contribution >= 0.6 is 0 Å². The molecule has 2 N–H and O–H groups in total. The first-order valence-electron chi connectivity index (χ1n) is 9.40. The molecule has 26 heavy (non-hydrogen) atoms. The molecule has 4 saturated carbocycles. The number of rotatable bonds is 5. The van der Waals surface area contributed by atoms with Gasteiger partial charge in [0.15, 0.2) is 0 Å². The smallest absolute Gasteiger partial charge is 0.421 e. The van der Waals surface area contributed by atoms with Gasteiger partial charge in [-0.25, -0.2) is 10.2 Å². The van der Waals surface area contributed by atoms with Crippen LogP contribution in [0.25, 0.3) is 0 Å². The quantitative estimate of drug-likeness (QED) is 0.625. The van der Waals surface area contributed by atoms with Crippen LogP contribution in [0, 0.1) is 23.2 Å².